The molecule has 2 aromatic rings. The molecule has 0 saturated heterocycles. The first-order chi connectivity index (χ1) is 8.52. The Morgan fingerprint density at radius 1 is 1.06 bits per heavy atom. The Kier molecular flexibility index (Phi) is 3.34. The topological polar surface area (TPSA) is 33.1 Å². The van der Waals surface area contributed by atoms with Gasteiger partial charge in [-0.25, -0.2) is 0 Å². The highest BCUT2D eigenvalue weighted by atomic mass is 19.4. The van der Waals surface area contributed by atoms with E-state index in [0.29, 0.717) is 5.56 Å². The number of halogens is 3. The third-order valence-corrected chi connectivity index (χ3v) is 2.56. The number of benzene rings is 1. The van der Waals surface area contributed by atoms with Gasteiger partial charge >= 0.3 is 6.18 Å². The summed E-state index contributed by atoms with van der Waals surface area (Å²) in [5, 5.41) is 8.91. The van der Waals surface area contributed by atoms with E-state index in [1.54, 1.807) is 0 Å². The van der Waals surface area contributed by atoms with Gasteiger partial charge in [-0.3, -0.25) is 4.98 Å². The fourth-order valence-corrected chi connectivity index (χ4v) is 1.71. The minimum Gasteiger partial charge on any atom is -0.392 e. The predicted molar refractivity (Wildman–Crippen MR) is 60.6 cm³/mol. The maximum absolute atomic E-state index is 13.0. The van der Waals surface area contributed by atoms with Crippen molar-refractivity contribution in [3.63, 3.8) is 0 Å². The Hall–Kier alpha value is -1.88. The van der Waals surface area contributed by atoms with Crippen molar-refractivity contribution >= 4 is 0 Å². The molecular formula is C13H10F3NO. The average molecular weight is 253 g/mol. The van der Waals surface area contributed by atoms with Crippen molar-refractivity contribution in [2.24, 2.45) is 0 Å². The number of aromatic nitrogens is 1. The summed E-state index contributed by atoms with van der Waals surface area (Å²) in [4.78, 5) is 3.78. The van der Waals surface area contributed by atoms with Crippen molar-refractivity contribution < 1.29 is 18.3 Å². The molecule has 1 aromatic carbocycles. The number of alkyl halides is 3. The van der Waals surface area contributed by atoms with Crippen LogP contribution in [0, 0.1) is 0 Å². The van der Waals surface area contributed by atoms with Crippen LogP contribution in [0.25, 0.3) is 11.1 Å². The number of hydrogen-bond donors (Lipinski definition) is 1. The Bertz CT molecular complexity index is 538. The van der Waals surface area contributed by atoms with E-state index in [4.69, 9.17) is 5.11 Å². The van der Waals surface area contributed by atoms with E-state index < -0.39 is 18.3 Å². The standard InChI is InChI=1S/C13H10F3NO/c14-13(15,16)12-7-9(8-18)1-2-11(12)10-3-5-17-6-4-10/h1-7,18H,8H2. The first-order valence-corrected chi connectivity index (χ1v) is 5.24. The Morgan fingerprint density at radius 3 is 2.28 bits per heavy atom. The number of nitrogens with zero attached hydrogens (tertiary/aromatic N) is 1. The molecule has 0 atom stereocenters. The quantitative estimate of drug-likeness (QED) is 0.891. The lowest BCUT2D eigenvalue weighted by molar-refractivity contribution is -0.137. The van der Waals surface area contributed by atoms with Crippen LogP contribution >= 0.6 is 0 Å². The molecule has 0 aliphatic carbocycles. The predicted octanol–water partition coefficient (Wildman–Crippen LogP) is 3.26. The highest BCUT2D eigenvalue weighted by Gasteiger charge is 2.33. The molecule has 0 aliphatic rings. The minimum atomic E-state index is -4.45. The zero-order chi connectivity index (χ0) is 13.2. The van der Waals surface area contributed by atoms with Gasteiger partial charge < -0.3 is 5.11 Å². The second-order valence-electron chi connectivity index (χ2n) is 3.77. The van der Waals surface area contributed by atoms with Crippen molar-refractivity contribution in [2.75, 3.05) is 0 Å². The van der Waals surface area contributed by atoms with E-state index in [2.05, 4.69) is 4.98 Å². The average Bonchev–Trinajstić information content (AvgIpc) is 2.38. The summed E-state index contributed by atoms with van der Waals surface area (Å²) in [7, 11) is 0. The summed E-state index contributed by atoms with van der Waals surface area (Å²) in [6.45, 7) is -0.417. The lowest BCUT2D eigenvalue weighted by atomic mass is 9.98. The van der Waals surface area contributed by atoms with Crippen LogP contribution in [0.1, 0.15) is 11.1 Å². The van der Waals surface area contributed by atoms with E-state index in [1.807, 2.05) is 0 Å². The molecule has 0 unspecified atom stereocenters. The molecular weight excluding hydrogens is 243 g/mol. The minimum absolute atomic E-state index is 0.0853. The van der Waals surface area contributed by atoms with Crippen LogP contribution in [0.3, 0.4) is 0 Å². The fraction of sp³-hybridized carbons (Fsp3) is 0.154. The third kappa shape index (κ3) is 2.51. The van der Waals surface area contributed by atoms with Gasteiger partial charge in [0.1, 0.15) is 0 Å². The Balaban J connectivity index is 2.61. The molecule has 94 valence electrons. The Labute approximate surface area is 102 Å². The van der Waals surface area contributed by atoms with E-state index in [1.165, 1.54) is 36.7 Å². The van der Waals surface area contributed by atoms with Crippen LogP contribution in [-0.2, 0) is 12.8 Å². The number of aliphatic hydroxyl groups excluding tert-OH is 1. The smallest absolute Gasteiger partial charge is 0.392 e. The SMILES string of the molecule is OCc1ccc(-c2ccncc2)c(C(F)(F)F)c1. The van der Waals surface area contributed by atoms with Gasteiger partial charge in [-0.1, -0.05) is 12.1 Å². The van der Waals surface area contributed by atoms with Crippen molar-refractivity contribution in [3.05, 3.63) is 53.9 Å². The monoisotopic (exact) mass is 253 g/mol. The lowest BCUT2D eigenvalue weighted by Crippen LogP contribution is -2.08. The van der Waals surface area contributed by atoms with Gasteiger partial charge in [-0.15, -0.1) is 0 Å². The van der Waals surface area contributed by atoms with Crippen LogP contribution in [0.5, 0.6) is 0 Å². The Morgan fingerprint density at radius 2 is 1.72 bits per heavy atom. The summed E-state index contributed by atoms with van der Waals surface area (Å²) >= 11 is 0. The second kappa shape index (κ2) is 4.78. The lowest BCUT2D eigenvalue weighted by Gasteiger charge is -2.14. The number of pyridine rings is 1. The summed E-state index contributed by atoms with van der Waals surface area (Å²) in [5.74, 6) is 0. The van der Waals surface area contributed by atoms with Crippen LogP contribution in [0.15, 0.2) is 42.7 Å². The summed E-state index contributed by atoms with van der Waals surface area (Å²) in [5.41, 5.74) is 0.0179. The number of rotatable bonds is 2. The van der Waals surface area contributed by atoms with Gasteiger partial charge in [-0.05, 0) is 34.9 Å². The molecule has 2 nitrogen and oxygen atoms in total. The van der Waals surface area contributed by atoms with Crippen molar-refractivity contribution in [3.8, 4) is 11.1 Å². The van der Waals surface area contributed by atoms with Crippen LogP contribution in [0.4, 0.5) is 13.2 Å². The molecule has 18 heavy (non-hydrogen) atoms. The fourth-order valence-electron chi connectivity index (χ4n) is 1.71. The van der Waals surface area contributed by atoms with Crippen molar-refractivity contribution in [1.29, 1.82) is 0 Å². The van der Waals surface area contributed by atoms with E-state index in [-0.39, 0.29) is 11.1 Å². The highest BCUT2D eigenvalue weighted by Crippen LogP contribution is 2.37. The highest BCUT2D eigenvalue weighted by molar-refractivity contribution is 5.68. The number of hydrogen-bond acceptors (Lipinski definition) is 2. The first-order valence-electron chi connectivity index (χ1n) is 5.24. The molecule has 0 fully saturated rings. The summed E-state index contributed by atoms with van der Waals surface area (Å²) < 4.78 is 38.9. The van der Waals surface area contributed by atoms with E-state index in [0.717, 1.165) is 6.07 Å². The van der Waals surface area contributed by atoms with Gasteiger partial charge in [0.25, 0.3) is 0 Å². The molecule has 0 radical (unpaired) electrons. The second-order valence-corrected chi connectivity index (χ2v) is 3.77. The van der Waals surface area contributed by atoms with Gasteiger partial charge in [0, 0.05) is 12.4 Å². The number of aliphatic hydroxyl groups is 1. The molecule has 5 heteroatoms. The van der Waals surface area contributed by atoms with Gasteiger partial charge in [0.05, 0.1) is 12.2 Å². The zero-order valence-corrected chi connectivity index (χ0v) is 9.28. The van der Waals surface area contributed by atoms with Crippen LogP contribution < -0.4 is 0 Å². The van der Waals surface area contributed by atoms with Gasteiger partial charge in [0.2, 0.25) is 0 Å². The van der Waals surface area contributed by atoms with E-state index in [9.17, 15) is 13.2 Å². The zero-order valence-electron chi connectivity index (χ0n) is 9.28. The molecule has 1 aromatic heterocycles. The van der Waals surface area contributed by atoms with Crippen molar-refractivity contribution in [1.82, 2.24) is 4.98 Å². The van der Waals surface area contributed by atoms with Crippen molar-refractivity contribution in [2.45, 2.75) is 12.8 Å². The molecule has 1 N–H and O–H groups in total. The molecule has 0 spiro atoms. The molecule has 0 aliphatic heterocycles. The van der Waals surface area contributed by atoms with Crippen LogP contribution in [0.2, 0.25) is 0 Å². The maximum Gasteiger partial charge on any atom is 0.417 e. The molecule has 2 rings (SSSR count). The molecule has 1 heterocycles. The molecule has 0 amide bonds. The van der Waals surface area contributed by atoms with E-state index >= 15 is 0 Å². The largest absolute Gasteiger partial charge is 0.417 e. The molecule has 0 saturated carbocycles. The van der Waals surface area contributed by atoms with Gasteiger partial charge in [0.15, 0.2) is 0 Å². The maximum atomic E-state index is 13.0. The third-order valence-electron chi connectivity index (χ3n) is 2.56. The van der Waals surface area contributed by atoms with Gasteiger partial charge in [-0.2, -0.15) is 13.2 Å². The summed E-state index contributed by atoms with van der Waals surface area (Å²) in [6.07, 6.45) is -1.57. The summed E-state index contributed by atoms with van der Waals surface area (Å²) in [6, 6.07) is 6.84. The first kappa shape index (κ1) is 12.6. The molecule has 0 bridgehead atoms. The van der Waals surface area contributed by atoms with Crippen LogP contribution in [-0.4, -0.2) is 10.1 Å². The normalized spacial score (nSPS) is 11.6.